The van der Waals surface area contributed by atoms with Gasteiger partial charge in [0.05, 0.1) is 0 Å². The summed E-state index contributed by atoms with van der Waals surface area (Å²) >= 11 is 0. The maximum atomic E-state index is 12.3. The van der Waals surface area contributed by atoms with Crippen molar-refractivity contribution in [2.45, 2.75) is 13.5 Å². The van der Waals surface area contributed by atoms with Crippen LogP contribution in [0, 0.1) is 6.92 Å². The number of aryl methyl sites for hydroxylation is 1. The number of carboxylic acids is 1. The first-order valence-electron chi connectivity index (χ1n) is 4.90. The highest BCUT2D eigenvalue weighted by Gasteiger charge is 2.14. The monoisotopic (exact) mass is 256 g/mol. The van der Waals surface area contributed by atoms with Crippen molar-refractivity contribution >= 4 is 18.3 Å². The highest BCUT2D eigenvalue weighted by molar-refractivity contribution is 5.90. The summed E-state index contributed by atoms with van der Waals surface area (Å²) in [6, 6.07) is 2.85. The zero-order valence-electron chi connectivity index (χ0n) is 9.39. The molecule has 0 aliphatic heterocycles. The molecule has 0 bridgehead atoms. The third-order valence-corrected chi connectivity index (χ3v) is 2.15. The minimum Gasteiger partial charge on any atom is -0.478 e. The Morgan fingerprint density at radius 2 is 2.11 bits per heavy atom. The van der Waals surface area contributed by atoms with Crippen LogP contribution in [0.15, 0.2) is 18.2 Å². The number of benzene rings is 1. The molecule has 96 valence electrons. The third kappa shape index (κ3) is 3.38. The molecule has 0 spiro atoms. The number of hydrogen-bond donors (Lipinski definition) is 1. The predicted octanol–water partition coefficient (Wildman–Crippen LogP) is 2.51. The van der Waals surface area contributed by atoms with E-state index in [0.717, 1.165) is 12.2 Å². The summed E-state index contributed by atoms with van der Waals surface area (Å²) in [6.45, 7) is -1.53. The lowest BCUT2D eigenvalue weighted by Gasteiger charge is -2.12. The second-order valence-electron chi connectivity index (χ2n) is 3.38. The molecule has 0 aliphatic rings. The van der Waals surface area contributed by atoms with Crippen LogP contribution >= 0.6 is 0 Å². The maximum absolute atomic E-state index is 12.3. The molecule has 0 unspecified atom stereocenters. The van der Waals surface area contributed by atoms with E-state index in [2.05, 4.69) is 4.74 Å². The van der Waals surface area contributed by atoms with Gasteiger partial charge in [0.2, 0.25) is 0 Å². The first-order valence-corrected chi connectivity index (χ1v) is 4.90. The van der Waals surface area contributed by atoms with E-state index >= 15 is 0 Å². The molecule has 1 aromatic rings. The van der Waals surface area contributed by atoms with Crippen molar-refractivity contribution in [2.75, 3.05) is 0 Å². The Balaban J connectivity index is 3.35. The SMILES string of the molecule is Cc1ccc(C=O)c(/C=C/C(=O)O)c1OC(F)F. The Kier molecular flexibility index (Phi) is 4.53. The predicted molar refractivity (Wildman–Crippen MR) is 59.9 cm³/mol. The lowest BCUT2D eigenvalue weighted by Crippen LogP contribution is -2.06. The van der Waals surface area contributed by atoms with Crippen molar-refractivity contribution in [3.63, 3.8) is 0 Å². The van der Waals surface area contributed by atoms with Crippen LogP contribution in [0.3, 0.4) is 0 Å². The van der Waals surface area contributed by atoms with Crippen molar-refractivity contribution in [3.05, 3.63) is 34.9 Å². The van der Waals surface area contributed by atoms with Gasteiger partial charge in [-0.25, -0.2) is 4.79 Å². The van der Waals surface area contributed by atoms with Gasteiger partial charge in [0, 0.05) is 17.2 Å². The Labute approximate surface area is 101 Å². The highest BCUT2D eigenvalue weighted by Crippen LogP contribution is 2.29. The van der Waals surface area contributed by atoms with Gasteiger partial charge in [0.1, 0.15) is 5.75 Å². The number of halogens is 2. The van der Waals surface area contributed by atoms with Crippen LogP contribution in [-0.4, -0.2) is 24.0 Å². The van der Waals surface area contributed by atoms with E-state index in [4.69, 9.17) is 5.11 Å². The molecule has 1 rings (SSSR count). The van der Waals surface area contributed by atoms with Gasteiger partial charge >= 0.3 is 12.6 Å². The quantitative estimate of drug-likeness (QED) is 0.649. The zero-order chi connectivity index (χ0) is 13.7. The Bertz CT molecular complexity index is 495. The van der Waals surface area contributed by atoms with Gasteiger partial charge in [-0.15, -0.1) is 0 Å². The topological polar surface area (TPSA) is 63.6 Å². The van der Waals surface area contributed by atoms with E-state index in [0.29, 0.717) is 11.8 Å². The number of carbonyl (C=O) groups is 2. The van der Waals surface area contributed by atoms with Gasteiger partial charge < -0.3 is 9.84 Å². The van der Waals surface area contributed by atoms with Gasteiger partial charge in [-0.3, -0.25) is 4.79 Å². The summed E-state index contributed by atoms with van der Waals surface area (Å²) in [4.78, 5) is 21.2. The molecule has 0 heterocycles. The van der Waals surface area contributed by atoms with Crippen molar-refractivity contribution in [3.8, 4) is 5.75 Å². The van der Waals surface area contributed by atoms with Crippen LogP contribution in [0.4, 0.5) is 8.78 Å². The van der Waals surface area contributed by atoms with E-state index in [-0.39, 0.29) is 16.9 Å². The summed E-state index contributed by atoms with van der Waals surface area (Å²) in [6.07, 6.45) is 2.25. The van der Waals surface area contributed by atoms with Gasteiger partial charge in [-0.1, -0.05) is 12.1 Å². The molecule has 0 amide bonds. The van der Waals surface area contributed by atoms with Crippen molar-refractivity contribution in [2.24, 2.45) is 0 Å². The normalized spacial score (nSPS) is 10.9. The number of carbonyl (C=O) groups excluding carboxylic acids is 1. The van der Waals surface area contributed by atoms with Gasteiger partial charge in [0.15, 0.2) is 6.29 Å². The summed E-state index contributed by atoms with van der Waals surface area (Å²) in [5, 5.41) is 8.52. The second-order valence-corrected chi connectivity index (χ2v) is 3.38. The van der Waals surface area contributed by atoms with Crippen molar-refractivity contribution in [1.82, 2.24) is 0 Å². The molecule has 0 atom stereocenters. The molecular formula is C12H10F2O4. The largest absolute Gasteiger partial charge is 0.478 e. The molecule has 0 aromatic heterocycles. The number of carboxylic acid groups (broad SMARTS) is 1. The fourth-order valence-corrected chi connectivity index (χ4v) is 1.40. The zero-order valence-corrected chi connectivity index (χ0v) is 9.39. The molecule has 18 heavy (non-hydrogen) atoms. The molecule has 1 aromatic carbocycles. The third-order valence-electron chi connectivity index (χ3n) is 2.15. The lowest BCUT2D eigenvalue weighted by atomic mass is 10.0. The molecular weight excluding hydrogens is 246 g/mol. The van der Waals surface area contributed by atoms with Crippen LogP contribution in [0.1, 0.15) is 21.5 Å². The number of alkyl halides is 2. The Morgan fingerprint density at radius 3 is 2.61 bits per heavy atom. The number of hydrogen-bond acceptors (Lipinski definition) is 3. The van der Waals surface area contributed by atoms with Crippen molar-refractivity contribution in [1.29, 1.82) is 0 Å². The van der Waals surface area contributed by atoms with E-state index in [9.17, 15) is 18.4 Å². The molecule has 6 heteroatoms. The van der Waals surface area contributed by atoms with E-state index in [1.54, 1.807) is 0 Å². The van der Waals surface area contributed by atoms with Gasteiger partial charge in [-0.05, 0) is 18.6 Å². The van der Waals surface area contributed by atoms with Crippen LogP contribution in [0.5, 0.6) is 5.75 Å². The molecule has 1 N–H and O–H groups in total. The molecule has 0 aliphatic carbocycles. The van der Waals surface area contributed by atoms with Crippen LogP contribution < -0.4 is 4.74 Å². The van der Waals surface area contributed by atoms with E-state index in [1.165, 1.54) is 19.1 Å². The molecule has 0 fully saturated rings. The minimum absolute atomic E-state index is 0.0210. The van der Waals surface area contributed by atoms with Crippen LogP contribution in [-0.2, 0) is 4.79 Å². The summed E-state index contributed by atoms with van der Waals surface area (Å²) in [7, 11) is 0. The first-order chi connectivity index (χ1) is 8.45. The van der Waals surface area contributed by atoms with Crippen LogP contribution in [0.25, 0.3) is 6.08 Å². The summed E-state index contributed by atoms with van der Waals surface area (Å²) < 4.78 is 28.8. The minimum atomic E-state index is -3.05. The Hall–Kier alpha value is -2.24. The Morgan fingerprint density at radius 1 is 1.44 bits per heavy atom. The summed E-state index contributed by atoms with van der Waals surface area (Å²) in [5.74, 6) is -1.46. The number of aldehydes is 1. The molecule has 0 saturated heterocycles. The van der Waals surface area contributed by atoms with E-state index in [1.807, 2.05) is 0 Å². The summed E-state index contributed by atoms with van der Waals surface area (Å²) in [5.41, 5.74) is 0.479. The second kappa shape index (κ2) is 5.90. The molecule has 0 saturated carbocycles. The average molecular weight is 256 g/mol. The van der Waals surface area contributed by atoms with E-state index < -0.39 is 12.6 Å². The number of ether oxygens (including phenoxy) is 1. The molecule has 0 radical (unpaired) electrons. The fourth-order valence-electron chi connectivity index (χ4n) is 1.40. The number of aliphatic carboxylic acids is 1. The lowest BCUT2D eigenvalue weighted by molar-refractivity contribution is -0.131. The first kappa shape index (κ1) is 13.8. The highest BCUT2D eigenvalue weighted by atomic mass is 19.3. The fraction of sp³-hybridized carbons (Fsp3) is 0.167. The standard InChI is InChI=1S/C12H10F2O4/c1-7-2-3-8(6-15)9(4-5-10(16)17)11(7)18-12(13)14/h2-6,12H,1H3,(H,16,17)/b5-4+. The van der Waals surface area contributed by atoms with Crippen LogP contribution in [0.2, 0.25) is 0 Å². The maximum Gasteiger partial charge on any atom is 0.387 e. The molecule has 4 nitrogen and oxygen atoms in total. The average Bonchev–Trinajstić information content (AvgIpc) is 2.29. The number of rotatable bonds is 5. The smallest absolute Gasteiger partial charge is 0.387 e. The van der Waals surface area contributed by atoms with Gasteiger partial charge in [0.25, 0.3) is 0 Å². The van der Waals surface area contributed by atoms with Crippen molar-refractivity contribution < 1.29 is 28.2 Å². The van der Waals surface area contributed by atoms with Gasteiger partial charge in [-0.2, -0.15) is 8.78 Å².